The monoisotopic (exact) mass is 259 g/mol. The summed E-state index contributed by atoms with van der Waals surface area (Å²) in [6.45, 7) is 0.765. The lowest BCUT2D eigenvalue weighted by Crippen LogP contribution is -2.17. The number of rotatable bonds is 5. The fraction of sp³-hybridized carbons (Fsp3) is 0.417. The fourth-order valence-electron chi connectivity index (χ4n) is 1.60. The van der Waals surface area contributed by atoms with Gasteiger partial charge in [-0.05, 0) is 18.2 Å². The summed E-state index contributed by atoms with van der Waals surface area (Å²) in [6.07, 6.45) is -0.352. The number of carboxylic acid groups (broad SMARTS) is 1. The minimum atomic E-state index is -3.01. The molecule has 0 saturated carbocycles. The van der Waals surface area contributed by atoms with Gasteiger partial charge < -0.3 is 15.6 Å². The molecule has 1 rings (SSSR count). The van der Waals surface area contributed by atoms with Gasteiger partial charge in [-0.1, -0.05) is 0 Å². The number of hydrogen-bond acceptors (Lipinski definition) is 3. The van der Waals surface area contributed by atoms with Crippen LogP contribution in [0.25, 0.3) is 0 Å². The molecular weight excluding hydrogens is 244 g/mol. The Bertz CT molecular complexity index is 443. The van der Waals surface area contributed by atoms with E-state index in [0.29, 0.717) is 5.75 Å². The molecule has 0 heterocycles. The van der Waals surface area contributed by atoms with Crippen molar-refractivity contribution >= 4 is 5.97 Å². The molecule has 1 atom stereocenters. The van der Waals surface area contributed by atoms with Crippen LogP contribution in [0.2, 0.25) is 0 Å². The molecule has 0 aromatic heterocycles. The normalized spacial score (nSPS) is 13.2. The Kier molecular flexibility index (Phi) is 4.24. The molecule has 0 aliphatic heterocycles. The first-order valence-electron chi connectivity index (χ1n) is 5.29. The second-order valence-corrected chi connectivity index (χ2v) is 4.05. The smallest absolute Gasteiger partial charge is 0.305 e. The molecule has 1 aromatic carbocycles. The minimum absolute atomic E-state index is 0.223. The number of aliphatic carboxylic acids is 1. The average molecular weight is 259 g/mol. The quantitative estimate of drug-likeness (QED) is 0.850. The Morgan fingerprint density at radius 2 is 2.17 bits per heavy atom. The standard InChI is InChI=1S/C12H15F2NO3/c1-12(13,14)7-3-4-10(18-2)8(5-7)9(15)6-11(16)17/h3-5,9H,6,15H2,1-2H3,(H,16,17). The predicted octanol–water partition coefficient (Wildman–Crippen LogP) is 2.28. The molecule has 6 heteroatoms. The average Bonchev–Trinajstić information content (AvgIpc) is 2.26. The Hall–Kier alpha value is -1.69. The highest BCUT2D eigenvalue weighted by Crippen LogP contribution is 2.33. The molecule has 0 aliphatic rings. The summed E-state index contributed by atoms with van der Waals surface area (Å²) >= 11 is 0. The highest BCUT2D eigenvalue weighted by atomic mass is 19.3. The van der Waals surface area contributed by atoms with Crippen molar-refractivity contribution < 1.29 is 23.4 Å². The summed E-state index contributed by atoms with van der Waals surface area (Å²) in [4.78, 5) is 10.6. The van der Waals surface area contributed by atoms with Crippen molar-refractivity contribution in [3.05, 3.63) is 29.3 Å². The van der Waals surface area contributed by atoms with Crippen LogP contribution in [0.3, 0.4) is 0 Å². The van der Waals surface area contributed by atoms with E-state index in [2.05, 4.69) is 0 Å². The van der Waals surface area contributed by atoms with E-state index in [1.54, 1.807) is 0 Å². The highest BCUT2D eigenvalue weighted by Gasteiger charge is 2.26. The van der Waals surface area contributed by atoms with Crippen LogP contribution in [0.4, 0.5) is 8.78 Å². The van der Waals surface area contributed by atoms with E-state index in [1.165, 1.54) is 25.3 Å². The van der Waals surface area contributed by atoms with Gasteiger partial charge in [-0.25, -0.2) is 8.78 Å². The molecule has 18 heavy (non-hydrogen) atoms. The summed E-state index contributed by atoms with van der Waals surface area (Å²) in [6, 6.07) is 2.89. The molecule has 3 N–H and O–H groups in total. The van der Waals surface area contributed by atoms with Crippen molar-refractivity contribution in [1.82, 2.24) is 0 Å². The Labute approximate surface area is 103 Å². The van der Waals surface area contributed by atoms with E-state index in [-0.39, 0.29) is 17.5 Å². The summed E-state index contributed by atoms with van der Waals surface area (Å²) in [5.74, 6) is -3.81. The number of halogens is 2. The molecule has 0 amide bonds. The first-order chi connectivity index (χ1) is 8.25. The second-order valence-electron chi connectivity index (χ2n) is 4.05. The largest absolute Gasteiger partial charge is 0.496 e. The van der Waals surface area contributed by atoms with E-state index in [4.69, 9.17) is 15.6 Å². The first kappa shape index (κ1) is 14.4. The van der Waals surface area contributed by atoms with Gasteiger partial charge in [0.2, 0.25) is 0 Å². The van der Waals surface area contributed by atoms with Crippen LogP contribution in [0.1, 0.15) is 30.5 Å². The van der Waals surface area contributed by atoms with Crippen LogP contribution >= 0.6 is 0 Å². The van der Waals surface area contributed by atoms with Gasteiger partial charge in [-0.3, -0.25) is 4.79 Å². The molecule has 0 saturated heterocycles. The minimum Gasteiger partial charge on any atom is -0.496 e. The summed E-state index contributed by atoms with van der Waals surface area (Å²) in [5, 5.41) is 8.67. The van der Waals surface area contributed by atoms with Crippen LogP contribution in [0, 0.1) is 0 Å². The number of alkyl halides is 2. The van der Waals surface area contributed by atoms with Crippen LogP contribution < -0.4 is 10.5 Å². The van der Waals surface area contributed by atoms with Gasteiger partial charge in [0, 0.05) is 24.1 Å². The molecule has 0 spiro atoms. The van der Waals surface area contributed by atoms with E-state index in [1.807, 2.05) is 0 Å². The Morgan fingerprint density at radius 1 is 1.56 bits per heavy atom. The Balaban J connectivity index is 3.17. The van der Waals surface area contributed by atoms with Crippen molar-refractivity contribution in [2.45, 2.75) is 25.3 Å². The zero-order valence-corrected chi connectivity index (χ0v) is 10.1. The van der Waals surface area contributed by atoms with Gasteiger partial charge >= 0.3 is 5.97 Å². The molecule has 0 aliphatic carbocycles. The number of benzene rings is 1. The lowest BCUT2D eigenvalue weighted by molar-refractivity contribution is -0.137. The van der Waals surface area contributed by atoms with Crippen molar-refractivity contribution in [3.63, 3.8) is 0 Å². The second kappa shape index (κ2) is 5.30. The molecule has 100 valence electrons. The molecule has 0 fully saturated rings. The molecule has 1 aromatic rings. The third kappa shape index (κ3) is 3.40. The van der Waals surface area contributed by atoms with Gasteiger partial charge in [0.1, 0.15) is 5.75 Å². The highest BCUT2D eigenvalue weighted by molar-refractivity contribution is 5.68. The van der Waals surface area contributed by atoms with E-state index in [0.717, 1.165) is 6.92 Å². The van der Waals surface area contributed by atoms with Gasteiger partial charge in [0.25, 0.3) is 5.92 Å². The molecule has 4 nitrogen and oxygen atoms in total. The maximum absolute atomic E-state index is 13.2. The molecular formula is C12H15F2NO3. The van der Waals surface area contributed by atoms with Crippen LogP contribution in [-0.2, 0) is 10.7 Å². The molecule has 1 unspecified atom stereocenters. The lowest BCUT2D eigenvalue weighted by Gasteiger charge is -2.18. The summed E-state index contributed by atoms with van der Waals surface area (Å²) in [5.41, 5.74) is 5.72. The zero-order valence-electron chi connectivity index (χ0n) is 10.1. The first-order valence-corrected chi connectivity index (χ1v) is 5.29. The predicted molar refractivity (Wildman–Crippen MR) is 61.7 cm³/mol. The van der Waals surface area contributed by atoms with Gasteiger partial charge in [0.15, 0.2) is 0 Å². The van der Waals surface area contributed by atoms with E-state index >= 15 is 0 Å². The van der Waals surface area contributed by atoms with E-state index in [9.17, 15) is 13.6 Å². The topological polar surface area (TPSA) is 72.5 Å². The number of nitrogens with two attached hydrogens (primary N) is 1. The maximum Gasteiger partial charge on any atom is 0.305 e. The lowest BCUT2D eigenvalue weighted by atomic mass is 9.98. The van der Waals surface area contributed by atoms with Crippen LogP contribution in [0.5, 0.6) is 5.75 Å². The zero-order chi connectivity index (χ0) is 13.9. The fourth-order valence-corrected chi connectivity index (χ4v) is 1.60. The Morgan fingerprint density at radius 3 is 2.61 bits per heavy atom. The summed E-state index contributed by atoms with van der Waals surface area (Å²) < 4.78 is 31.4. The number of carboxylic acids is 1. The van der Waals surface area contributed by atoms with Crippen molar-refractivity contribution in [2.75, 3.05) is 7.11 Å². The van der Waals surface area contributed by atoms with E-state index < -0.39 is 17.9 Å². The van der Waals surface area contributed by atoms with Crippen molar-refractivity contribution in [3.8, 4) is 5.75 Å². The number of ether oxygens (including phenoxy) is 1. The number of hydrogen-bond donors (Lipinski definition) is 2. The number of carbonyl (C=O) groups is 1. The maximum atomic E-state index is 13.2. The third-order valence-electron chi connectivity index (χ3n) is 2.53. The molecule has 0 bridgehead atoms. The van der Waals surface area contributed by atoms with Crippen LogP contribution in [-0.4, -0.2) is 18.2 Å². The molecule has 0 radical (unpaired) electrons. The van der Waals surface area contributed by atoms with Crippen LogP contribution in [0.15, 0.2) is 18.2 Å². The SMILES string of the molecule is COc1ccc(C(C)(F)F)cc1C(N)CC(=O)O. The van der Waals surface area contributed by atoms with Gasteiger partial charge in [-0.2, -0.15) is 0 Å². The third-order valence-corrected chi connectivity index (χ3v) is 2.53. The summed E-state index contributed by atoms with van der Waals surface area (Å²) in [7, 11) is 1.37. The number of methoxy groups -OCH3 is 1. The van der Waals surface area contributed by atoms with Crippen molar-refractivity contribution in [1.29, 1.82) is 0 Å². The van der Waals surface area contributed by atoms with Crippen molar-refractivity contribution in [2.24, 2.45) is 5.73 Å². The van der Waals surface area contributed by atoms with Gasteiger partial charge in [0.05, 0.1) is 13.5 Å². The van der Waals surface area contributed by atoms with Gasteiger partial charge in [-0.15, -0.1) is 0 Å².